The number of nitrogens with one attached hydrogen (secondary N) is 3. The SMILES string of the molecule is CC(NC(=O)NC1CCC1)C(=N)N. The first-order valence-corrected chi connectivity index (χ1v) is 4.50. The summed E-state index contributed by atoms with van der Waals surface area (Å²) in [6.45, 7) is 1.68. The molecule has 1 rings (SSSR count). The second kappa shape index (κ2) is 4.11. The molecule has 1 fully saturated rings. The van der Waals surface area contributed by atoms with Gasteiger partial charge >= 0.3 is 6.03 Å². The van der Waals surface area contributed by atoms with E-state index in [2.05, 4.69) is 10.6 Å². The van der Waals surface area contributed by atoms with E-state index in [4.69, 9.17) is 11.1 Å². The Morgan fingerprint density at radius 1 is 1.62 bits per heavy atom. The predicted octanol–water partition coefficient (Wildman–Crippen LogP) is 0.163. The van der Waals surface area contributed by atoms with Gasteiger partial charge in [-0.3, -0.25) is 5.41 Å². The fraction of sp³-hybridized carbons (Fsp3) is 0.750. The van der Waals surface area contributed by atoms with E-state index >= 15 is 0 Å². The highest BCUT2D eigenvalue weighted by Gasteiger charge is 2.20. The third-order valence-electron chi connectivity index (χ3n) is 2.25. The fourth-order valence-electron chi connectivity index (χ4n) is 1.05. The van der Waals surface area contributed by atoms with Crippen LogP contribution < -0.4 is 16.4 Å². The van der Waals surface area contributed by atoms with Crippen LogP contribution in [-0.2, 0) is 0 Å². The third kappa shape index (κ3) is 2.93. The number of amides is 2. The van der Waals surface area contributed by atoms with Gasteiger partial charge < -0.3 is 16.4 Å². The number of carbonyl (C=O) groups is 1. The van der Waals surface area contributed by atoms with E-state index in [1.807, 2.05) is 0 Å². The number of urea groups is 1. The van der Waals surface area contributed by atoms with Gasteiger partial charge in [-0.05, 0) is 26.2 Å². The van der Waals surface area contributed by atoms with Crippen LogP contribution >= 0.6 is 0 Å². The summed E-state index contributed by atoms with van der Waals surface area (Å²) in [7, 11) is 0. The molecular formula is C8H16N4O. The summed E-state index contributed by atoms with van der Waals surface area (Å²) in [5.41, 5.74) is 5.20. The molecule has 5 N–H and O–H groups in total. The minimum atomic E-state index is -0.389. The molecule has 1 unspecified atom stereocenters. The van der Waals surface area contributed by atoms with Gasteiger partial charge in [-0.15, -0.1) is 0 Å². The summed E-state index contributed by atoms with van der Waals surface area (Å²) in [5, 5.41) is 12.4. The van der Waals surface area contributed by atoms with Crippen molar-refractivity contribution in [1.82, 2.24) is 10.6 Å². The molecule has 0 heterocycles. The molecule has 1 atom stereocenters. The molecule has 0 saturated heterocycles. The molecule has 1 aliphatic carbocycles. The summed E-state index contributed by atoms with van der Waals surface area (Å²) in [6, 6.07) is -0.299. The summed E-state index contributed by atoms with van der Waals surface area (Å²) < 4.78 is 0. The van der Waals surface area contributed by atoms with Gasteiger partial charge in [0.25, 0.3) is 0 Å². The maximum atomic E-state index is 11.2. The molecule has 13 heavy (non-hydrogen) atoms. The monoisotopic (exact) mass is 184 g/mol. The van der Waals surface area contributed by atoms with E-state index in [1.54, 1.807) is 6.92 Å². The zero-order valence-corrected chi connectivity index (χ0v) is 7.76. The van der Waals surface area contributed by atoms with Gasteiger partial charge in [0.2, 0.25) is 0 Å². The Hall–Kier alpha value is -1.26. The lowest BCUT2D eigenvalue weighted by Crippen LogP contribution is -2.50. The minimum absolute atomic E-state index is 0.0243. The molecule has 0 aromatic rings. The largest absolute Gasteiger partial charge is 0.386 e. The molecule has 1 aliphatic rings. The Morgan fingerprint density at radius 2 is 2.23 bits per heavy atom. The van der Waals surface area contributed by atoms with Crippen LogP contribution in [0.1, 0.15) is 26.2 Å². The average molecular weight is 184 g/mol. The number of hydrogen-bond donors (Lipinski definition) is 4. The zero-order valence-electron chi connectivity index (χ0n) is 7.76. The lowest BCUT2D eigenvalue weighted by molar-refractivity contribution is 0.227. The van der Waals surface area contributed by atoms with Crippen molar-refractivity contribution in [3.63, 3.8) is 0 Å². The van der Waals surface area contributed by atoms with Crippen LogP contribution in [0, 0.1) is 5.41 Å². The number of nitrogens with two attached hydrogens (primary N) is 1. The van der Waals surface area contributed by atoms with Gasteiger partial charge in [0, 0.05) is 6.04 Å². The number of hydrogen-bond acceptors (Lipinski definition) is 2. The Kier molecular flexibility index (Phi) is 3.11. The smallest absolute Gasteiger partial charge is 0.315 e. The quantitative estimate of drug-likeness (QED) is 0.372. The predicted molar refractivity (Wildman–Crippen MR) is 50.7 cm³/mol. The third-order valence-corrected chi connectivity index (χ3v) is 2.25. The maximum absolute atomic E-state index is 11.2. The molecule has 5 nitrogen and oxygen atoms in total. The highest BCUT2D eigenvalue weighted by molar-refractivity contribution is 5.87. The topological polar surface area (TPSA) is 91.0 Å². The van der Waals surface area contributed by atoms with Crippen LogP contribution in [0.4, 0.5) is 4.79 Å². The van der Waals surface area contributed by atoms with Crippen molar-refractivity contribution in [3.05, 3.63) is 0 Å². The molecule has 0 radical (unpaired) electrons. The van der Waals surface area contributed by atoms with Gasteiger partial charge in [-0.1, -0.05) is 0 Å². The van der Waals surface area contributed by atoms with Crippen molar-refractivity contribution in [3.8, 4) is 0 Å². The molecule has 0 bridgehead atoms. The molecule has 74 valence electrons. The van der Waals surface area contributed by atoms with Crippen LogP contribution in [-0.4, -0.2) is 24.0 Å². The summed E-state index contributed by atoms with van der Waals surface area (Å²) >= 11 is 0. The molecule has 2 amide bonds. The maximum Gasteiger partial charge on any atom is 0.315 e. The van der Waals surface area contributed by atoms with Crippen molar-refractivity contribution < 1.29 is 4.79 Å². The van der Waals surface area contributed by atoms with E-state index < -0.39 is 0 Å². The van der Waals surface area contributed by atoms with E-state index in [0.717, 1.165) is 12.8 Å². The molecule has 0 aromatic heterocycles. The van der Waals surface area contributed by atoms with E-state index in [-0.39, 0.29) is 17.9 Å². The van der Waals surface area contributed by atoms with Crippen LogP contribution in [0.3, 0.4) is 0 Å². The van der Waals surface area contributed by atoms with E-state index in [0.29, 0.717) is 6.04 Å². The first-order chi connectivity index (χ1) is 6.09. The standard InChI is InChI=1S/C8H16N4O/c1-5(7(9)10)11-8(13)12-6-3-2-4-6/h5-6H,2-4H2,1H3,(H3,9,10)(H2,11,12,13). The Morgan fingerprint density at radius 3 is 2.62 bits per heavy atom. The van der Waals surface area contributed by atoms with Crippen molar-refractivity contribution in [2.75, 3.05) is 0 Å². The fourth-order valence-corrected chi connectivity index (χ4v) is 1.05. The summed E-state index contributed by atoms with van der Waals surface area (Å²) in [4.78, 5) is 11.2. The van der Waals surface area contributed by atoms with Gasteiger partial charge in [0.15, 0.2) is 0 Å². The lowest BCUT2D eigenvalue weighted by Gasteiger charge is -2.27. The highest BCUT2D eigenvalue weighted by Crippen LogP contribution is 2.17. The second-order valence-corrected chi connectivity index (χ2v) is 3.42. The van der Waals surface area contributed by atoms with Crippen molar-refractivity contribution in [2.24, 2.45) is 5.73 Å². The Bertz CT molecular complexity index is 212. The van der Waals surface area contributed by atoms with Gasteiger partial charge in [-0.25, -0.2) is 4.79 Å². The van der Waals surface area contributed by atoms with Gasteiger partial charge in [0.05, 0.1) is 6.04 Å². The van der Waals surface area contributed by atoms with Crippen molar-refractivity contribution >= 4 is 11.9 Å². The lowest BCUT2D eigenvalue weighted by atomic mass is 9.93. The Labute approximate surface area is 77.6 Å². The average Bonchev–Trinajstić information content (AvgIpc) is 1.96. The van der Waals surface area contributed by atoms with Crippen molar-refractivity contribution in [1.29, 1.82) is 5.41 Å². The van der Waals surface area contributed by atoms with Gasteiger partial charge in [-0.2, -0.15) is 0 Å². The first-order valence-electron chi connectivity index (χ1n) is 4.50. The molecule has 0 aromatic carbocycles. The Balaban J connectivity index is 2.19. The number of rotatable bonds is 3. The van der Waals surface area contributed by atoms with E-state index in [1.165, 1.54) is 6.42 Å². The van der Waals surface area contributed by atoms with E-state index in [9.17, 15) is 4.79 Å². The highest BCUT2D eigenvalue weighted by atomic mass is 16.2. The molecule has 0 spiro atoms. The van der Waals surface area contributed by atoms with Crippen LogP contribution in [0.25, 0.3) is 0 Å². The first kappa shape index (κ1) is 9.83. The molecule has 5 heteroatoms. The summed E-state index contributed by atoms with van der Waals surface area (Å²) in [5.74, 6) is -0.0243. The number of carbonyl (C=O) groups excluding carboxylic acids is 1. The zero-order chi connectivity index (χ0) is 9.84. The number of amidine groups is 1. The molecule has 0 aliphatic heterocycles. The molecular weight excluding hydrogens is 168 g/mol. The van der Waals surface area contributed by atoms with Crippen LogP contribution in [0.2, 0.25) is 0 Å². The van der Waals surface area contributed by atoms with Crippen molar-refractivity contribution in [2.45, 2.75) is 38.3 Å². The second-order valence-electron chi connectivity index (χ2n) is 3.42. The minimum Gasteiger partial charge on any atom is -0.386 e. The van der Waals surface area contributed by atoms with Crippen LogP contribution in [0.5, 0.6) is 0 Å². The van der Waals surface area contributed by atoms with Crippen LogP contribution in [0.15, 0.2) is 0 Å². The molecule has 1 saturated carbocycles. The van der Waals surface area contributed by atoms with Gasteiger partial charge in [0.1, 0.15) is 5.84 Å². The normalized spacial score (nSPS) is 18.5. The summed E-state index contributed by atoms with van der Waals surface area (Å²) in [6.07, 6.45) is 3.30.